The van der Waals surface area contributed by atoms with Crippen LogP contribution in [-0.2, 0) is 0 Å². The van der Waals surface area contributed by atoms with E-state index in [4.69, 9.17) is 4.42 Å². The van der Waals surface area contributed by atoms with E-state index in [0.29, 0.717) is 0 Å². The molecule has 0 atom stereocenters. The van der Waals surface area contributed by atoms with Crippen LogP contribution >= 0.6 is 0 Å². The lowest BCUT2D eigenvalue weighted by Gasteiger charge is -2.29. The van der Waals surface area contributed by atoms with Crippen molar-refractivity contribution in [2.45, 2.75) is 0 Å². The zero-order valence-corrected chi connectivity index (χ0v) is 32.7. The van der Waals surface area contributed by atoms with Crippen LogP contribution in [0.1, 0.15) is 0 Å². The molecule has 0 spiro atoms. The molecule has 60 heavy (non-hydrogen) atoms. The van der Waals surface area contributed by atoms with Gasteiger partial charge in [-0.1, -0.05) is 182 Å². The summed E-state index contributed by atoms with van der Waals surface area (Å²) in [7, 11) is 0. The molecular weight excluding hydrogens is 727 g/mol. The van der Waals surface area contributed by atoms with E-state index < -0.39 is 0 Å². The molecule has 0 unspecified atom stereocenters. The van der Waals surface area contributed by atoms with Crippen molar-refractivity contribution in [2.75, 3.05) is 4.90 Å². The highest BCUT2D eigenvalue weighted by Gasteiger charge is 2.25. The van der Waals surface area contributed by atoms with Gasteiger partial charge in [0.2, 0.25) is 0 Å². The number of fused-ring (bicyclic) bond motifs is 9. The molecule has 2 nitrogen and oxygen atoms in total. The van der Waals surface area contributed by atoms with Crippen LogP contribution in [0.5, 0.6) is 0 Å². The summed E-state index contributed by atoms with van der Waals surface area (Å²) in [5.74, 6) is 0. The zero-order chi connectivity index (χ0) is 39.6. The number of hydrogen-bond donors (Lipinski definition) is 0. The molecule has 1 heterocycles. The number of para-hydroxylation sites is 1. The molecule has 0 saturated carbocycles. The summed E-state index contributed by atoms with van der Waals surface area (Å²) in [6.07, 6.45) is 0. The van der Waals surface area contributed by atoms with Gasteiger partial charge < -0.3 is 9.32 Å². The Morgan fingerprint density at radius 1 is 0.300 bits per heavy atom. The van der Waals surface area contributed by atoms with E-state index in [9.17, 15) is 0 Å². The van der Waals surface area contributed by atoms with Crippen LogP contribution in [0.25, 0.3) is 98.4 Å². The molecule has 11 aromatic carbocycles. The van der Waals surface area contributed by atoms with Crippen molar-refractivity contribution in [3.05, 3.63) is 224 Å². The molecule has 0 aliphatic carbocycles. The Hall–Kier alpha value is -7.94. The van der Waals surface area contributed by atoms with Crippen LogP contribution in [0.3, 0.4) is 0 Å². The normalized spacial score (nSPS) is 11.7. The molecule has 0 saturated heterocycles. The number of rotatable bonds is 6. The zero-order valence-electron chi connectivity index (χ0n) is 32.7. The van der Waals surface area contributed by atoms with Crippen molar-refractivity contribution in [3.8, 4) is 33.4 Å². The predicted molar refractivity (Wildman–Crippen MR) is 255 cm³/mol. The molecule has 0 N–H and O–H groups in total. The lowest BCUT2D eigenvalue weighted by atomic mass is 9.91. The molecule has 12 aromatic rings. The summed E-state index contributed by atoms with van der Waals surface area (Å²) in [4.78, 5) is 2.45. The van der Waals surface area contributed by atoms with E-state index in [1.165, 1.54) is 65.3 Å². The van der Waals surface area contributed by atoms with E-state index in [-0.39, 0.29) is 0 Å². The van der Waals surface area contributed by atoms with Gasteiger partial charge in [0, 0.05) is 22.0 Å². The molecule has 0 aliphatic heterocycles. The molecule has 12 rings (SSSR count). The average Bonchev–Trinajstić information content (AvgIpc) is 3.72. The molecular formula is C58H37NO. The van der Waals surface area contributed by atoms with Gasteiger partial charge in [-0.25, -0.2) is 0 Å². The summed E-state index contributed by atoms with van der Waals surface area (Å²) in [6, 6.07) is 81.2. The molecule has 0 radical (unpaired) electrons. The van der Waals surface area contributed by atoms with Crippen LogP contribution in [0.15, 0.2) is 229 Å². The van der Waals surface area contributed by atoms with Crippen LogP contribution in [0.2, 0.25) is 0 Å². The Bertz CT molecular complexity index is 3580. The van der Waals surface area contributed by atoms with Crippen LogP contribution in [-0.4, -0.2) is 0 Å². The van der Waals surface area contributed by atoms with Crippen molar-refractivity contribution >= 4 is 82.1 Å². The second kappa shape index (κ2) is 13.9. The van der Waals surface area contributed by atoms with Gasteiger partial charge in [0.15, 0.2) is 0 Å². The largest absolute Gasteiger partial charge is 0.455 e. The maximum absolute atomic E-state index is 7.01. The summed E-state index contributed by atoms with van der Waals surface area (Å²) in [5.41, 5.74) is 12.0. The Labute approximate surface area is 347 Å². The highest BCUT2D eigenvalue weighted by atomic mass is 16.3. The molecule has 1 aromatic heterocycles. The Morgan fingerprint density at radius 2 is 0.783 bits per heavy atom. The first-order chi connectivity index (χ1) is 29.8. The minimum absolute atomic E-state index is 0.865. The maximum atomic E-state index is 7.01. The highest BCUT2D eigenvalue weighted by molar-refractivity contribution is 6.22. The van der Waals surface area contributed by atoms with Crippen LogP contribution in [0, 0.1) is 0 Å². The minimum Gasteiger partial charge on any atom is -0.455 e. The lowest BCUT2D eigenvalue weighted by Crippen LogP contribution is -2.11. The SMILES string of the molecule is c1ccc(-c2ccc(-c3ccc(N(c4cc5ccccc5c5ccccc45)c4ccc(-c5cc6ccccc6c6ccccc56)c5oc6ccccc6c45)cc3)cc2)cc1. The fourth-order valence-corrected chi connectivity index (χ4v) is 9.40. The third-order valence-electron chi connectivity index (χ3n) is 12.2. The van der Waals surface area contributed by atoms with Crippen molar-refractivity contribution in [1.82, 2.24) is 0 Å². The maximum Gasteiger partial charge on any atom is 0.145 e. The van der Waals surface area contributed by atoms with Gasteiger partial charge in [0.25, 0.3) is 0 Å². The van der Waals surface area contributed by atoms with E-state index in [2.05, 4.69) is 229 Å². The Kier molecular flexibility index (Phi) is 7.89. The van der Waals surface area contributed by atoms with E-state index in [1.807, 2.05) is 0 Å². The van der Waals surface area contributed by atoms with Crippen LogP contribution in [0.4, 0.5) is 17.1 Å². The summed E-state index contributed by atoms with van der Waals surface area (Å²) in [6.45, 7) is 0. The number of benzene rings is 11. The number of nitrogens with zero attached hydrogens (tertiary/aromatic N) is 1. The van der Waals surface area contributed by atoms with E-state index in [1.54, 1.807) is 0 Å². The van der Waals surface area contributed by atoms with E-state index in [0.717, 1.165) is 50.1 Å². The molecule has 0 bridgehead atoms. The number of anilines is 3. The summed E-state index contributed by atoms with van der Waals surface area (Å²) in [5, 5.41) is 11.9. The topological polar surface area (TPSA) is 16.4 Å². The second-order valence-corrected chi connectivity index (χ2v) is 15.6. The van der Waals surface area contributed by atoms with Crippen LogP contribution < -0.4 is 4.90 Å². The quantitative estimate of drug-likeness (QED) is 0.157. The minimum atomic E-state index is 0.865. The summed E-state index contributed by atoms with van der Waals surface area (Å²) < 4.78 is 7.01. The van der Waals surface area contributed by atoms with Gasteiger partial charge in [-0.3, -0.25) is 0 Å². The Morgan fingerprint density at radius 3 is 1.45 bits per heavy atom. The first-order valence-corrected chi connectivity index (χ1v) is 20.6. The first-order valence-electron chi connectivity index (χ1n) is 20.6. The van der Waals surface area contributed by atoms with Crippen molar-refractivity contribution < 1.29 is 4.42 Å². The van der Waals surface area contributed by atoms with Gasteiger partial charge in [0.1, 0.15) is 11.2 Å². The lowest BCUT2D eigenvalue weighted by molar-refractivity contribution is 0.670. The third-order valence-corrected chi connectivity index (χ3v) is 12.2. The van der Waals surface area contributed by atoms with Gasteiger partial charge >= 0.3 is 0 Å². The highest BCUT2D eigenvalue weighted by Crippen LogP contribution is 2.49. The average molecular weight is 764 g/mol. The van der Waals surface area contributed by atoms with Crippen molar-refractivity contribution in [1.29, 1.82) is 0 Å². The molecule has 280 valence electrons. The fraction of sp³-hybridized carbons (Fsp3) is 0. The van der Waals surface area contributed by atoms with Gasteiger partial charge in [-0.15, -0.1) is 0 Å². The van der Waals surface area contributed by atoms with Crippen molar-refractivity contribution in [3.63, 3.8) is 0 Å². The molecule has 2 heteroatoms. The van der Waals surface area contributed by atoms with Gasteiger partial charge in [-0.2, -0.15) is 0 Å². The Balaban J connectivity index is 1.11. The summed E-state index contributed by atoms with van der Waals surface area (Å²) >= 11 is 0. The molecule has 0 aliphatic rings. The number of furan rings is 1. The first kappa shape index (κ1) is 34.1. The fourth-order valence-electron chi connectivity index (χ4n) is 9.40. The van der Waals surface area contributed by atoms with Gasteiger partial charge in [-0.05, 0) is 108 Å². The predicted octanol–water partition coefficient (Wildman–Crippen LogP) is 16.7. The van der Waals surface area contributed by atoms with E-state index >= 15 is 0 Å². The molecule has 0 amide bonds. The number of hydrogen-bond acceptors (Lipinski definition) is 2. The molecule has 0 fully saturated rings. The monoisotopic (exact) mass is 763 g/mol. The second-order valence-electron chi connectivity index (χ2n) is 15.6. The van der Waals surface area contributed by atoms with Gasteiger partial charge in [0.05, 0.1) is 16.8 Å². The third kappa shape index (κ3) is 5.50. The standard InChI is InChI=1S/C58H37NO/c1-2-14-38(15-3-1)39-26-28-40(29-27-39)41-30-32-44(33-31-41)59(55-37-43-17-5-7-19-46(43)48-21-10-11-23-50(48)55)54-35-34-51(58-57(54)52-24-12-13-25-56(52)60-58)53-36-42-16-4-6-18-45(42)47-20-8-9-22-49(47)53/h1-37H. The smallest absolute Gasteiger partial charge is 0.145 e. The van der Waals surface area contributed by atoms with Crippen molar-refractivity contribution in [2.24, 2.45) is 0 Å².